The number of hydrogen-bond donors (Lipinski definition) is 0. The molecule has 6 nitrogen and oxygen atoms in total. The second kappa shape index (κ2) is 18.5. The van der Waals surface area contributed by atoms with E-state index in [1.165, 1.54) is 40.3 Å². The molecule has 19 aromatic rings. The standard InChI is InChI=1S/C80H44N6S2/c81-45-59-71(57-31-19-37-65-72(57)53-27-7-13-33-61(53)83(65)47-21-3-1-4-22-47)60(46-82)78(86-64-36-16-10-30-56(64)75-68(86)44-42-52-50-26-12-18-40-70(50)88-80(52)75)76(58-32-20-38-66-73(58)54-28-8-14-34-62(54)84(66)48-23-5-2-6-24-48)77(59)85-63-35-15-9-29-55(63)74-67(85)43-41-51-49-25-11-17-39-69(49)87-79(51)74/h1-44H. The van der Waals surface area contributed by atoms with Crippen molar-refractivity contribution in [1.82, 2.24) is 18.3 Å². The summed E-state index contributed by atoms with van der Waals surface area (Å²) in [6.07, 6.45) is 0. The first-order valence-electron chi connectivity index (χ1n) is 29.5. The predicted octanol–water partition coefficient (Wildman–Crippen LogP) is 21.9. The van der Waals surface area contributed by atoms with Gasteiger partial charge < -0.3 is 18.3 Å². The van der Waals surface area contributed by atoms with Crippen molar-refractivity contribution in [2.24, 2.45) is 0 Å². The van der Waals surface area contributed by atoms with Gasteiger partial charge in [-0.05, 0) is 96.1 Å². The van der Waals surface area contributed by atoms with Gasteiger partial charge in [0.05, 0.1) is 66.6 Å². The molecule has 0 N–H and O–H groups in total. The molecule has 0 aliphatic heterocycles. The van der Waals surface area contributed by atoms with Crippen molar-refractivity contribution in [2.75, 3.05) is 0 Å². The van der Waals surface area contributed by atoms with Crippen molar-refractivity contribution < 1.29 is 0 Å². The van der Waals surface area contributed by atoms with Crippen molar-refractivity contribution in [3.05, 3.63) is 278 Å². The third kappa shape index (κ3) is 6.51. The third-order valence-electron chi connectivity index (χ3n) is 18.4. The van der Waals surface area contributed by atoms with E-state index in [0.717, 1.165) is 115 Å². The third-order valence-corrected chi connectivity index (χ3v) is 20.8. The summed E-state index contributed by atoms with van der Waals surface area (Å²) < 4.78 is 14.2. The minimum atomic E-state index is 0.398. The van der Waals surface area contributed by atoms with Gasteiger partial charge in [0.25, 0.3) is 0 Å². The molecule has 0 saturated heterocycles. The van der Waals surface area contributed by atoms with Crippen LogP contribution in [0.2, 0.25) is 0 Å². The predicted molar refractivity (Wildman–Crippen MR) is 370 cm³/mol. The lowest BCUT2D eigenvalue weighted by atomic mass is 9.84. The van der Waals surface area contributed by atoms with Gasteiger partial charge in [0.15, 0.2) is 0 Å². The quantitative estimate of drug-likeness (QED) is 0.166. The molecular formula is C80H44N6S2. The minimum absolute atomic E-state index is 0.398. The molecule has 8 heteroatoms. The van der Waals surface area contributed by atoms with Crippen molar-refractivity contribution in [3.63, 3.8) is 0 Å². The monoisotopic (exact) mass is 1150 g/mol. The van der Waals surface area contributed by atoms with Crippen molar-refractivity contribution in [3.8, 4) is 57.1 Å². The van der Waals surface area contributed by atoms with Crippen LogP contribution < -0.4 is 0 Å². The Balaban J connectivity index is 1.10. The van der Waals surface area contributed by atoms with E-state index in [9.17, 15) is 10.5 Å². The number of nitriles is 2. The number of para-hydroxylation sites is 6. The number of nitrogens with zero attached hydrogens (tertiary/aromatic N) is 6. The Morgan fingerprint density at radius 3 is 1.00 bits per heavy atom. The molecule has 19 rings (SSSR count). The first kappa shape index (κ1) is 48.8. The zero-order chi connectivity index (χ0) is 57.9. The summed E-state index contributed by atoms with van der Waals surface area (Å²) in [7, 11) is 0. The van der Waals surface area contributed by atoms with Crippen LogP contribution in [0.25, 0.3) is 173 Å². The Labute approximate surface area is 510 Å². The zero-order valence-electron chi connectivity index (χ0n) is 46.9. The van der Waals surface area contributed by atoms with E-state index >= 15 is 0 Å². The highest BCUT2D eigenvalue weighted by atomic mass is 32.1. The fourth-order valence-corrected chi connectivity index (χ4v) is 17.5. The molecule has 0 bridgehead atoms. The van der Waals surface area contributed by atoms with Gasteiger partial charge in [0.2, 0.25) is 0 Å². The van der Waals surface area contributed by atoms with E-state index in [1.807, 2.05) is 28.7 Å². The lowest BCUT2D eigenvalue weighted by molar-refractivity contribution is 1.12. The van der Waals surface area contributed by atoms with E-state index in [1.54, 1.807) is 0 Å². The SMILES string of the molecule is N#Cc1c(-c2cccc3c2c2ccccc2n3-c2ccccc2)c(C#N)c(-n2c3ccccc3c3c4sc5ccccc5c4ccc32)c(-c2cccc3c2c2ccccc2n3-c2ccccc2)c1-n1c2ccccc2c2c3sc4ccccc4c3ccc21. The molecule has 6 aromatic heterocycles. The largest absolute Gasteiger partial charge is 0.309 e. The normalized spacial score (nSPS) is 12.1. The first-order valence-corrected chi connectivity index (χ1v) is 31.2. The second-order valence-electron chi connectivity index (χ2n) is 22.8. The Bertz CT molecular complexity index is 6100. The van der Waals surface area contributed by atoms with Gasteiger partial charge in [-0.2, -0.15) is 10.5 Å². The van der Waals surface area contributed by atoms with Gasteiger partial charge in [0.1, 0.15) is 12.1 Å². The van der Waals surface area contributed by atoms with E-state index in [4.69, 9.17) is 0 Å². The molecule has 0 aliphatic carbocycles. The number of fused-ring (bicyclic) bond motifs is 20. The lowest BCUT2D eigenvalue weighted by Gasteiger charge is -2.26. The maximum Gasteiger partial charge on any atom is 0.102 e. The summed E-state index contributed by atoms with van der Waals surface area (Å²) in [6, 6.07) is 101. The molecule has 0 fully saturated rings. The van der Waals surface area contributed by atoms with Crippen LogP contribution in [0.5, 0.6) is 0 Å². The molecule has 13 aromatic carbocycles. The van der Waals surface area contributed by atoms with Crippen molar-refractivity contribution in [1.29, 1.82) is 10.5 Å². The van der Waals surface area contributed by atoms with E-state index in [2.05, 4.69) is 291 Å². The molecule has 0 spiro atoms. The van der Waals surface area contributed by atoms with Gasteiger partial charge in [-0.25, -0.2) is 0 Å². The average Bonchev–Trinajstić information content (AvgIpc) is 1.67. The van der Waals surface area contributed by atoms with Crippen LogP contribution in [0.3, 0.4) is 0 Å². The highest BCUT2D eigenvalue weighted by Gasteiger charge is 2.35. The first-order chi connectivity index (χ1) is 43.7. The number of hydrogen-bond acceptors (Lipinski definition) is 4. The van der Waals surface area contributed by atoms with E-state index < -0.39 is 0 Å². The average molecular weight is 1150 g/mol. The van der Waals surface area contributed by atoms with Crippen LogP contribution in [0, 0.1) is 22.7 Å². The Kier molecular flexibility index (Phi) is 10.3. The molecule has 0 unspecified atom stereocenters. The summed E-state index contributed by atoms with van der Waals surface area (Å²) in [5.41, 5.74) is 15.2. The van der Waals surface area contributed by atoms with Crippen molar-refractivity contribution in [2.45, 2.75) is 0 Å². The summed E-state index contributed by atoms with van der Waals surface area (Å²) in [5.74, 6) is 0. The summed E-state index contributed by atoms with van der Waals surface area (Å²) >= 11 is 3.63. The highest BCUT2D eigenvalue weighted by Crippen LogP contribution is 2.55. The minimum Gasteiger partial charge on any atom is -0.309 e. The van der Waals surface area contributed by atoms with Gasteiger partial charge >= 0.3 is 0 Å². The van der Waals surface area contributed by atoms with Crippen LogP contribution >= 0.6 is 22.7 Å². The van der Waals surface area contributed by atoms with Gasteiger partial charge in [-0.1, -0.05) is 182 Å². The summed E-state index contributed by atoms with van der Waals surface area (Å²) in [6.45, 7) is 0. The summed E-state index contributed by atoms with van der Waals surface area (Å²) in [5, 5.41) is 39.1. The van der Waals surface area contributed by atoms with E-state index in [0.29, 0.717) is 28.1 Å². The van der Waals surface area contributed by atoms with Crippen LogP contribution in [0.15, 0.2) is 267 Å². The molecule has 0 radical (unpaired) electrons. The molecule has 88 heavy (non-hydrogen) atoms. The van der Waals surface area contributed by atoms with Crippen molar-refractivity contribution >= 4 is 150 Å². The topological polar surface area (TPSA) is 67.3 Å². The molecule has 6 heterocycles. The van der Waals surface area contributed by atoms with Crippen LogP contribution in [0.1, 0.15) is 11.1 Å². The molecular weight excluding hydrogens is 1110 g/mol. The summed E-state index contributed by atoms with van der Waals surface area (Å²) in [4.78, 5) is 0. The number of rotatable bonds is 6. The molecule has 0 amide bonds. The van der Waals surface area contributed by atoms with Gasteiger partial charge in [-0.15, -0.1) is 22.7 Å². The Hall–Kier alpha value is -11.5. The Morgan fingerprint density at radius 2 is 0.580 bits per heavy atom. The zero-order valence-corrected chi connectivity index (χ0v) is 48.5. The molecule has 0 saturated carbocycles. The molecule has 406 valence electrons. The maximum absolute atomic E-state index is 12.9. The fraction of sp³-hybridized carbons (Fsp3) is 0. The van der Waals surface area contributed by atoms with Crippen LogP contribution in [-0.4, -0.2) is 18.3 Å². The fourth-order valence-electron chi connectivity index (χ4n) is 15.0. The number of thiophene rings is 2. The highest BCUT2D eigenvalue weighted by molar-refractivity contribution is 7.27. The number of aromatic nitrogens is 4. The van der Waals surface area contributed by atoms with Gasteiger partial charge in [-0.3, -0.25) is 0 Å². The second-order valence-corrected chi connectivity index (χ2v) is 24.9. The molecule has 0 atom stereocenters. The van der Waals surface area contributed by atoms with Crippen LogP contribution in [0.4, 0.5) is 0 Å². The lowest BCUT2D eigenvalue weighted by Crippen LogP contribution is -2.11. The number of benzene rings is 13. The van der Waals surface area contributed by atoms with Crippen LogP contribution in [-0.2, 0) is 0 Å². The molecule has 0 aliphatic rings. The van der Waals surface area contributed by atoms with E-state index in [-0.39, 0.29) is 0 Å². The smallest absolute Gasteiger partial charge is 0.102 e. The van der Waals surface area contributed by atoms with Gasteiger partial charge in [0, 0.05) is 106 Å². The Morgan fingerprint density at radius 1 is 0.250 bits per heavy atom. The maximum atomic E-state index is 12.9.